The molecule has 0 aromatic heterocycles. The van der Waals surface area contributed by atoms with Gasteiger partial charge in [-0.1, -0.05) is 6.07 Å². The van der Waals surface area contributed by atoms with E-state index in [1.54, 1.807) is 31.4 Å². The van der Waals surface area contributed by atoms with Crippen LogP contribution >= 0.6 is 0 Å². The van der Waals surface area contributed by atoms with Crippen molar-refractivity contribution in [1.82, 2.24) is 5.32 Å². The number of amides is 2. The van der Waals surface area contributed by atoms with E-state index in [2.05, 4.69) is 16.0 Å². The Kier molecular flexibility index (Phi) is 4.70. The van der Waals surface area contributed by atoms with Crippen molar-refractivity contribution in [3.05, 3.63) is 24.3 Å². The molecule has 6 heteroatoms. The van der Waals surface area contributed by atoms with Gasteiger partial charge in [0.05, 0.1) is 12.1 Å². The molecular weight excluding hydrogens is 258 g/mol. The molecule has 6 nitrogen and oxygen atoms in total. The molecule has 1 heterocycles. The minimum Gasteiger partial charge on any atom is -0.380 e. The number of carbonyl (C=O) groups is 2. The van der Waals surface area contributed by atoms with Crippen molar-refractivity contribution >= 4 is 23.2 Å². The standard InChI is InChI=1S/C14H19N3O3/c1-9(18)16-10-4-3-5-11(6-10)17-14(19)13-7-12(20-2)8-15-13/h3-6,12-13,15H,7-8H2,1-2H3,(H,16,18)(H,17,19). The predicted octanol–water partition coefficient (Wildman–Crippen LogP) is 0.960. The highest BCUT2D eigenvalue weighted by Gasteiger charge is 2.29. The maximum Gasteiger partial charge on any atom is 0.241 e. The predicted molar refractivity (Wildman–Crippen MR) is 76.6 cm³/mol. The van der Waals surface area contributed by atoms with Gasteiger partial charge in [0.2, 0.25) is 11.8 Å². The van der Waals surface area contributed by atoms with Gasteiger partial charge in [-0.05, 0) is 24.6 Å². The summed E-state index contributed by atoms with van der Waals surface area (Å²) >= 11 is 0. The molecule has 1 saturated heterocycles. The van der Waals surface area contributed by atoms with Crippen molar-refractivity contribution in [2.45, 2.75) is 25.5 Å². The molecule has 0 radical (unpaired) electrons. The molecule has 1 aliphatic heterocycles. The quantitative estimate of drug-likeness (QED) is 0.766. The van der Waals surface area contributed by atoms with Crippen LogP contribution in [0.3, 0.4) is 0 Å². The highest BCUT2D eigenvalue weighted by atomic mass is 16.5. The van der Waals surface area contributed by atoms with E-state index in [1.807, 2.05) is 0 Å². The molecule has 2 rings (SSSR count). The zero-order valence-electron chi connectivity index (χ0n) is 11.6. The molecule has 0 aliphatic carbocycles. The third-order valence-corrected chi connectivity index (χ3v) is 3.19. The average molecular weight is 277 g/mol. The molecule has 1 fully saturated rings. The lowest BCUT2D eigenvalue weighted by atomic mass is 10.2. The maximum absolute atomic E-state index is 12.1. The van der Waals surface area contributed by atoms with Crippen LogP contribution in [0.5, 0.6) is 0 Å². The first kappa shape index (κ1) is 14.5. The normalized spacial score (nSPS) is 21.5. The second-order valence-corrected chi connectivity index (χ2v) is 4.81. The molecule has 1 aromatic rings. The van der Waals surface area contributed by atoms with E-state index in [1.165, 1.54) is 6.92 Å². The Bertz CT molecular complexity index is 504. The monoisotopic (exact) mass is 277 g/mol. The minimum atomic E-state index is -0.246. The van der Waals surface area contributed by atoms with E-state index in [9.17, 15) is 9.59 Å². The van der Waals surface area contributed by atoms with Crippen LogP contribution in [-0.2, 0) is 14.3 Å². The Morgan fingerprint density at radius 2 is 2.00 bits per heavy atom. The van der Waals surface area contributed by atoms with Gasteiger partial charge in [-0.25, -0.2) is 0 Å². The number of rotatable bonds is 4. The van der Waals surface area contributed by atoms with E-state index >= 15 is 0 Å². The molecule has 2 unspecified atom stereocenters. The first-order valence-corrected chi connectivity index (χ1v) is 6.53. The van der Waals surface area contributed by atoms with Gasteiger partial charge in [-0.15, -0.1) is 0 Å². The molecule has 0 saturated carbocycles. The molecule has 0 bridgehead atoms. The van der Waals surface area contributed by atoms with E-state index < -0.39 is 0 Å². The summed E-state index contributed by atoms with van der Waals surface area (Å²) in [7, 11) is 1.64. The summed E-state index contributed by atoms with van der Waals surface area (Å²) in [6.45, 7) is 2.12. The zero-order chi connectivity index (χ0) is 14.5. The number of benzene rings is 1. The number of carbonyl (C=O) groups excluding carboxylic acids is 2. The first-order valence-electron chi connectivity index (χ1n) is 6.53. The Hall–Kier alpha value is -1.92. The molecule has 1 aliphatic rings. The second-order valence-electron chi connectivity index (χ2n) is 4.81. The van der Waals surface area contributed by atoms with Gasteiger partial charge in [0.25, 0.3) is 0 Å². The molecule has 108 valence electrons. The SMILES string of the molecule is COC1CNC(C(=O)Nc2cccc(NC(C)=O)c2)C1. The van der Waals surface area contributed by atoms with Crippen molar-refractivity contribution in [1.29, 1.82) is 0 Å². The van der Waals surface area contributed by atoms with E-state index in [0.29, 0.717) is 24.3 Å². The Morgan fingerprint density at radius 1 is 1.30 bits per heavy atom. The third-order valence-electron chi connectivity index (χ3n) is 3.19. The van der Waals surface area contributed by atoms with Gasteiger partial charge in [-0.3, -0.25) is 9.59 Å². The summed E-state index contributed by atoms with van der Waals surface area (Å²) in [5.74, 6) is -0.238. The van der Waals surface area contributed by atoms with Gasteiger partial charge in [0.1, 0.15) is 0 Å². The van der Waals surface area contributed by atoms with Crippen LogP contribution in [0.1, 0.15) is 13.3 Å². The van der Waals surface area contributed by atoms with Crippen LogP contribution < -0.4 is 16.0 Å². The summed E-state index contributed by atoms with van der Waals surface area (Å²) in [4.78, 5) is 23.1. The molecule has 1 aromatic carbocycles. The lowest BCUT2D eigenvalue weighted by Gasteiger charge is -2.12. The minimum absolute atomic E-state index is 0.0801. The summed E-state index contributed by atoms with van der Waals surface area (Å²) in [5.41, 5.74) is 1.31. The zero-order valence-corrected chi connectivity index (χ0v) is 11.6. The number of methoxy groups -OCH3 is 1. The fourth-order valence-corrected chi connectivity index (χ4v) is 2.19. The van der Waals surface area contributed by atoms with Crippen molar-refractivity contribution < 1.29 is 14.3 Å². The van der Waals surface area contributed by atoms with E-state index in [-0.39, 0.29) is 24.0 Å². The number of hydrogen-bond acceptors (Lipinski definition) is 4. The van der Waals surface area contributed by atoms with Gasteiger partial charge < -0.3 is 20.7 Å². The fourth-order valence-electron chi connectivity index (χ4n) is 2.19. The molecule has 3 N–H and O–H groups in total. The van der Waals surface area contributed by atoms with Crippen LogP contribution in [0, 0.1) is 0 Å². The molecule has 2 amide bonds. The van der Waals surface area contributed by atoms with Crippen molar-refractivity contribution in [3.8, 4) is 0 Å². The average Bonchev–Trinajstić information content (AvgIpc) is 2.87. The van der Waals surface area contributed by atoms with Crippen LogP contribution in [0.4, 0.5) is 11.4 Å². The number of nitrogens with one attached hydrogen (secondary N) is 3. The lowest BCUT2D eigenvalue weighted by molar-refractivity contribution is -0.118. The van der Waals surface area contributed by atoms with Crippen LogP contribution in [-0.4, -0.2) is 37.6 Å². The Morgan fingerprint density at radius 3 is 2.60 bits per heavy atom. The maximum atomic E-state index is 12.1. The topological polar surface area (TPSA) is 79.5 Å². The number of hydrogen-bond donors (Lipinski definition) is 3. The summed E-state index contributed by atoms with van der Waals surface area (Å²) in [6, 6.07) is 6.81. The lowest BCUT2D eigenvalue weighted by Crippen LogP contribution is -2.35. The highest BCUT2D eigenvalue weighted by molar-refractivity contribution is 5.96. The summed E-state index contributed by atoms with van der Waals surface area (Å²) in [5, 5.41) is 8.63. The van der Waals surface area contributed by atoms with Crippen molar-refractivity contribution in [2.75, 3.05) is 24.3 Å². The molecule has 0 spiro atoms. The van der Waals surface area contributed by atoms with Crippen LogP contribution in [0.25, 0.3) is 0 Å². The Labute approximate surface area is 117 Å². The first-order chi connectivity index (χ1) is 9.58. The van der Waals surface area contributed by atoms with Crippen LogP contribution in [0.15, 0.2) is 24.3 Å². The second kappa shape index (κ2) is 6.49. The van der Waals surface area contributed by atoms with Gasteiger partial charge in [0.15, 0.2) is 0 Å². The van der Waals surface area contributed by atoms with Crippen LogP contribution in [0.2, 0.25) is 0 Å². The summed E-state index contributed by atoms with van der Waals surface area (Å²) < 4.78 is 5.21. The molecule has 20 heavy (non-hydrogen) atoms. The van der Waals surface area contributed by atoms with E-state index in [0.717, 1.165) is 0 Å². The van der Waals surface area contributed by atoms with Gasteiger partial charge in [-0.2, -0.15) is 0 Å². The largest absolute Gasteiger partial charge is 0.380 e. The number of ether oxygens (including phenoxy) is 1. The highest BCUT2D eigenvalue weighted by Crippen LogP contribution is 2.17. The van der Waals surface area contributed by atoms with Gasteiger partial charge in [0, 0.05) is 32.0 Å². The van der Waals surface area contributed by atoms with E-state index in [4.69, 9.17) is 4.74 Å². The molecule has 2 atom stereocenters. The van der Waals surface area contributed by atoms with Crippen molar-refractivity contribution in [2.24, 2.45) is 0 Å². The summed E-state index contributed by atoms with van der Waals surface area (Å²) in [6.07, 6.45) is 0.740. The van der Waals surface area contributed by atoms with Crippen molar-refractivity contribution in [3.63, 3.8) is 0 Å². The van der Waals surface area contributed by atoms with Gasteiger partial charge >= 0.3 is 0 Å². The smallest absolute Gasteiger partial charge is 0.241 e. The fraction of sp³-hybridized carbons (Fsp3) is 0.429. The Balaban J connectivity index is 1.96. The third kappa shape index (κ3) is 3.79. The number of anilines is 2. The molecular formula is C14H19N3O3.